The Hall–Kier alpha value is -2.96. The summed E-state index contributed by atoms with van der Waals surface area (Å²) in [6, 6.07) is 20.0. The molecule has 6 heteroatoms. The van der Waals surface area contributed by atoms with Crippen LogP contribution in [0, 0.1) is 5.41 Å². The number of aromatic nitrogens is 2. The normalized spacial score (nSPS) is 15.8. The second kappa shape index (κ2) is 8.59. The molecule has 1 saturated heterocycles. The van der Waals surface area contributed by atoms with Gasteiger partial charge in [-0.3, -0.25) is 4.79 Å². The van der Waals surface area contributed by atoms with Crippen molar-refractivity contribution in [2.45, 2.75) is 19.4 Å². The van der Waals surface area contributed by atoms with Gasteiger partial charge in [0.1, 0.15) is 0 Å². The summed E-state index contributed by atoms with van der Waals surface area (Å²) in [5.74, 6) is -0.00484. The molecule has 0 aliphatic carbocycles. The van der Waals surface area contributed by atoms with E-state index in [-0.39, 0.29) is 5.91 Å². The topological polar surface area (TPSA) is 82.2 Å². The van der Waals surface area contributed by atoms with Crippen molar-refractivity contribution in [2.24, 2.45) is 11.1 Å². The maximum atomic E-state index is 13.0. The summed E-state index contributed by atoms with van der Waals surface area (Å²) < 4.78 is 7.28. The Labute approximate surface area is 170 Å². The molecule has 29 heavy (non-hydrogen) atoms. The van der Waals surface area contributed by atoms with Crippen LogP contribution in [-0.4, -0.2) is 35.4 Å². The van der Waals surface area contributed by atoms with Gasteiger partial charge in [0.2, 0.25) is 5.91 Å². The lowest BCUT2D eigenvalue weighted by Gasteiger charge is -2.34. The molecule has 2 aromatic carbocycles. The number of rotatable bonds is 6. The highest BCUT2D eigenvalue weighted by Crippen LogP contribution is 2.30. The van der Waals surface area contributed by atoms with Gasteiger partial charge in [-0.2, -0.15) is 5.10 Å². The van der Waals surface area contributed by atoms with E-state index in [4.69, 9.17) is 15.6 Å². The minimum absolute atomic E-state index is 0.00484. The van der Waals surface area contributed by atoms with Gasteiger partial charge >= 0.3 is 0 Å². The van der Waals surface area contributed by atoms with Crippen molar-refractivity contribution in [3.05, 3.63) is 72.4 Å². The van der Waals surface area contributed by atoms with Crippen molar-refractivity contribution in [1.82, 2.24) is 15.1 Å². The van der Waals surface area contributed by atoms with Crippen LogP contribution in [0.2, 0.25) is 0 Å². The molecule has 2 heterocycles. The molecular formula is C23H26N4O2. The second-order valence-corrected chi connectivity index (χ2v) is 7.43. The van der Waals surface area contributed by atoms with Crippen LogP contribution in [0.5, 0.6) is 0 Å². The molecule has 3 aromatic rings. The predicted molar refractivity (Wildman–Crippen MR) is 112 cm³/mol. The lowest BCUT2D eigenvalue weighted by molar-refractivity contribution is -0.136. The molecule has 0 atom stereocenters. The van der Waals surface area contributed by atoms with Crippen LogP contribution in [0.15, 0.2) is 66.9 Å². The Kier molecular flexibility index (Phi) is 5.74. The van der Waals surface area contributed by atoms with Gasteiger partial charge in [-0.25, -0.2) is 4.68 Å². The summed E-state index contributed by atoms with van der Waals surface area (Å²) in [7, 11) is 0. The number of para-hydroxylation sites is 1. The van der Waals surface area contributed by atoms with Crippen molar-refractivity contribution in [2.75, 3.05) is 19.8 Å². The minimum Gasteiger partial charge on any atom is -0.381 e. The van der Waals surface area contributed by atoms with E-state index in [1.165, 1.54) is 0 Å². The van der Waals surface area contributed by atoms with Gasteiger partial charge in [0, 0.05) is 43.6 Å². The molecule has 0 unspecified atom stereocenters. The van der Waals surface area contributed by atoms with E-state index in [0.717, 1.165) is 22.5 Å². The predicted octanol–water partition coefficient (Wildman–Crippen LogP) is 2.91. The van der Waals surface area contributed by atoms with Crippen LogP contribution < -0.4 is 11.1 Å². The zero-order valence-corrected chi connectivity index (χ0v) is 16.4. The molecule has 1 fully saturated rings. The smallest absolute Gasteiger partial charge is 0.227 e. The average molecular weight is 390 g/mol. The fourth-order valence-corrected chi connectivity index (χ4v) is 3.74. The molecule has 3 N–H and O–H groups in total. The SMILES string of the molecule is NCC1(C(=O)NCc2cn(-c3ccccc3)nc2-c2ccccc2)CCOCC1. The summed E-state index contributed by atoms with van der Waals surface area (Å²) >= 11 is 0. The van der Waals surface area contributed by atoms with Gasteiger partial charge < -0.3 is 15.8 Å². The number of ether oxygens (including phenoxy) is 1. The average Bonchev–Trinajstić information content (AvgIpc) is 3.23. The Morgan fingerprint density at radius 2 is 1.72 bits per heavy atom. The third-order valence-corrected chi connectivity index (χ3v) is 5.62. The summed E-state index contributed by atoms with van der Waals surface area (Å²) in [4.78, 5) is 13.0. The highest BCUT2D eigenvalue weighted by molar-refractivity contribution is 5.83. The number of benzene rings is 2. The number of carbonyl (C=O) groups excluding carboxylic acids is 1. The van der Waals surface area contributed by atoms with Gasteiger partial charge in [0.25, 0.3) is 0 Å². The molecule has 150 valence electrons. The van der Waals surface area contributed by atoms with Crippen LogP contribution in [-0.2, 0) is 16.1 Å². The lowest BCUT2D eigenvalue weighted by Crippen LogP contribution is -2.48. The Bertz CT molecular complexity index is 948. The zero-order chi connectivity index (χ0) is 20.1. The number of carbonyl (C=O) groups is 1. The van der Waals surface area contributed by atoms with E-state index in [9.17, 15) is 4.79 Å². The quantitative estimate of drug-likeness (QED) is 0.678. The third kappa shape index (κ3) is 4.09. The maximum Gasteiger partial charge on any atom is 0.227 e. The van der Waals surface area contributed by atoms with E-state index >= 15 is 0 Å². The fourth-order valence-electron chi connectivity index (χ4n) is 3.74. The molecule has 0 radical (unpaired) electrons. The van der Waals surface area contributed by atoms with Crippen molar-refractivity contribution in [1.29, 1.82) is 0 Å². The van der Waals surface area contributed by atoms with Crippen LogP contribution >= 0.6 is 0 Å². The molecular weight excluding hydrogens is 364 g/mol. The summed E-state index contributed by atoms with van der Waals surface area (Å²) in [6.07, 6.45) is 3.30. The molecule has 6 nitrogen and oxygen atoms in total. The van der Waals surface area contributed by atoms with Crippen molar-refractivity contribution in [3.63, 3.8) is 0 Å². The van der Waals surface area contributed by atoms with Crippen molar-refractivity contribution < 1.29 is 9.53 Å². The number of nitrogens with zero attached hydrogens (tertiary/aromatic N) is 2. The van der Waals surface area contributed by atoms with Crippen molar-refractivity contribution in [3.8, 4) is 16.9 Å². The first kappa shape index (κ1) is 19.4. The first-order valence-corrected chi connectivity index (χ1v) is 9.97. The third-order valence-electron chi connectivity index (χ3n) is 5.62. The standard InChI is InChI=1S/C23H26N4O2/c24-17-23(11-13-29-14-12-23)22(28)25-15-19-16-27(20-9-5-2-6-10-20)26-21(19)18-7-3-1-4-8-18/h1-10,16H,11-15,17,24H2,(H,25,28). The highest BCUT2D eigenvalue weighted by Gasteiger charge is 2.38. The molecule has 0 bridgehead atoms. The molecule has 4 rings (SSSR count). The summed E-state index contributed by atoms with van der Waals surface area (Å²) in [5.41, 5.74) is 9.26. The second-order valence-electron chi connectivity index (χ2n) is 7.43. The van der Waals surface area contributed by atoms with Crippen LogP contribution in [0.3, 0.4) is 0 Å². The molecule has 0 saturated carbocycles. The first-order valence-electron chi connectivity index (χ1n) is 9.97. The number of nitrogens with two attached hydrogens (primary N) is 1. The van der Waals surface area contributed by atoms with Gasteiger partial charge in [-0.1, -0.05) is 48.5 Å². The fraction of sp³-hybridized carbons (Fsp3) is 0.304. The van der Waals surface area contributed by atoms with Gasteiger partial charge in [0.15, 0.2) is 0 Å². The number of nitrogens with one attached hydrogen (secondary N) is 1. The van der Waals surface area contributed by atoms with Crippen molar-refractivity contribution >= 4 is 5.91 Å². The molecule has 1 aliphatic heterocycles. The molecule has 1 amide bonds. The first-order chi connectivity index (χ1) is 14.2. The monoisotopic (exact) mass is 390 g/mol. The minimum atomic E-state index is -0.541. The van der Waals surface area contributed by atoms with Gasteiger partial charge in [-0.05, 0) is 25.0 Å². The maximum absolute atomic E-state index is 13.0. The number of amides is 1. The highest BCUT2D eigenvalue weighted by atomic mass is 16.5. The van der Waals surface area contributed by atoms with Gasteiger partial charge in [-0.15, -0.1) is 0 Å². The zero-order valence-electron chi connectivity index (χ0n) is 16.4. The molecule has 1 aromatic heterocycles. The Morgan fingerprint density at radius 3 is 2.38 bits per heavy atom. The van der Waals surface area contributed by atoms with E-state index in [2.05, 4.69) is 5.32 Å². The number of hydrogen-bond acceptors (Lipinski definition) is 4. The lowest BCUT2D eigenvalue weighted by atomic mass is 9.79. The number of hydrogen-bond donors (Lipinski definition) is 2. The van der Waals surface area contributed by atoms with Crippen LogP contribution in [0.25, 0.3) is 16.9 Å². The summed E-state index contributed by atoms with van der Waals surface area (Å²) in [5, 5.41) is 7.91. The molecule has 1 aliphatic rings. The molecule has 0 spiro atoms. The van der Waals surface area contributed by atoms with E-state index in [1.807, 2.05) is 71.5 Å². The van der Waals surface area contributed by atoms with E-state index in [1.54, 1.807) is 0 Å². The summed E-state index contributed by atoms with van der Waals surface area (Å²) in [6.45, 7) is 1.88. The van der Waals surface area contributed by atoms with E-state index in [0.29, 0.717) is 39.1 Å². The van der Waals surface area contributed by atoms with E-state index < -0.39 is 5.41 Å². The largest absolute Gasteiger partial charge is 0.381 e. The Morgan fingerprint density at radius 1 is 1.07 bits per heavy atom. The van der Waals surface area contributed by atoms with Gasteiger partial charge in [0.05, 0.1) is 16.8 Å². The van der Waals surface area contributed by atoms with Crippen LogP contribution in [0.1, 0.15) is 18.4 Å². The van der Waals surface area contributed by atoms with Crippen LogP contribution in [0.4, 0.5) is 0 Å². The Balaban J connectivity index is 1.60.